The van der Waals surface area contributed by atoms with Gasteiger partial charge in [-0.15, -0.1) is 0 Å². The van der Waals surface area contributed by atoms with E-state index in [0.29, 0.717) is 5.41 Å². The molecule has 2 bridgehead atoms. The van der Waals surface area contributed by atoms with Crippen LogP contribution in [-0.2, 0) is 0 Å². The van der Waals surface area contributed by atoms with Gasteiger partial charge in [0.15, 0.2) is 0 Å². The van der Waals surface area contributed by atoms with Crippen LogP contribution in [0.1, 0.15) is 72.1 Å². The summed E-state index contributed by atoms with van der Waals surface area (Å²) in [6.07, 6.45) is 11.8. The Labute approximate surface area is 125 Å². The zero-order valence-electron chi connectivity index (χ0n) is 13.9. The van der Waals surface area contributed by atoms with Gasteiger partial charge in [-0.2, -0.15) is 0 Å². The van der Waals surface area contributed by atoms with E-state index in [1.54, 1.807) is 0 Å². The van der Waals surface area contributed by atoms with E-state index in [0.717, 1.165) is 12.0 Å². The predicted molar refractivity (Wildman–Crippen MR) is 86.0 cm³/mol. The maximum absolute atomic E-state index is 3.82. The summed E-state index contributed by atoms with van der Waals surface area (Å²) in [5.41, 5.74) is 0.824. The molecule has 3 rings (SSSR count). The van der Waals surface area contributed by atoms with E-state index < -0.39 is 0 Å². The van der Waals surface area contributed by atoms with E-state index in [1.165, 1.54) is 71.0 Å². The number of nitrogens with one attached hydrogen (secondary N) is 1. The Morgan fingerprint density at radius 1 is 1.10 bits per heavy atom. The van der Waals surface area contributed by atoms with Gasteiger partial charge in [-0.3, -0.25) is 4.90 Å². The Hall–Kier alpha value is -0.0800. The Morgan fingerprint density at radius 3 is 2.40 bits per heavy atom. The van der Waals surface area contributed by atoms with Crippen LogP contribution in [0.2, 0.25) is 0 Å². The van der Waals surface area contributed by atoms with E-state index in [-0.39, 0.29) is 5.54 Å². The summed E-state index contributed by atoms with van der Waals surface area (Å²) in [5.74, 6) is 1.04. The lowest BCUT2D eigenvalue weighted by Gasteiger charge is -2.44. The van der Waals surface area contributed by atoms with Gasteiger partial charge in [-0.25, -0.2) is 0 Å². The fourth-order valence-electron chi connectivity index (χ4n) is 4.80. The molecular formula is C18H34N2. The Morgan fingerprint density at radius 2 is 1.85 bits per heavy atom. The highest BCUT2D eigenvalue weighted by Crippen LogP contribution is 2.43. The Balaban J connectivity index is 1.63. The number of fused-ring (bicyclic) bond motifs is 2. The molecule has 2 atom stereocenters. The SMILES string of the molecule is CC(C)(C)NCC1(CN2CC3CCC2C3)CCCCC1. The van der Waals surface area contributed by atoms with Crippen molar-refractivity contribution in [1.29, 1.82) is 0 Å². The minimum absolute atomic E-state index is 0.258. The Bertz CT molecular complexity index is 325. The third kappa shape index (κ3) is 3.39. The van der Waals surface area contributed by atoms with Crippen LogP contribution in [0.3, 0.4) is 0 Å². The predicted octanol–water partition coefficient (Wildman–Crippen LogP) is 3.81. The highest BCUT2D eigenvalue weighted by Gasteiger charge is 2.42. The molecule has 0 radical (unpaired) electrons. The van der Waals surface area contributed by atoms with Crippen LogP contribution in [-0.4, -0.2) is 36.1 Å². The molecule has 3 fully saturated rings. The van der Waals surface area contributed by atoms with Gasteiger partial charge < -0.3 is 5.32 Å². The molecule has 2 nitrogen and oxygen atoms in total. The van der Waals surface area contributed by atoms with Crippen LogP contribution < -0.4 is 5.32 Å². The van der Waals surface area contributed by atoms with Crippen molar-refractivity contribution in [3.63, 3.8) is 0 Å². The monoisotopic (exact) mass is 278 g/mol. The van der Waals surface area contributed by atoms with E-state index in [9.17, 15) is 0 Å². The molecule has 116 valence electrons. The first-order chi connectivity index (χ1) is 9.46. The molecule has 2 heteroatoms. The van der Waals surface area contributed by atoms with Crippen molar-refractivity contribution in [2.45, 2.75) is 83.7 Å². The summed E-state index contributed by atoms with van der Waals surface area (Å²) >= 11 is 0. The molecule has 20 heavy (non-hydrogen) atoms. The molecule has 2 aliphatic carbocycles. The zero-order chi connectivity index (χ0) is 14.2. The molecule has 2 saturated carbocycles. The topological polar surface area (TPSA) is 15.3 Å². The van der Waals surface area contributed by atoms with Crippen molar-refractivity contribution in [3.05, 3.63) is 0 Å². The number of likely N-dealkylation sites (tertiary alicyclic amines) is 1. The smallest absolute Gasteiger partial charge is 0.00988 e. The molecule has 2 unspecified atom stereocenters. The standard InChI is InChI=1S/C18H34N2/c1-17(2,3)19-13-18(9-5-4-6-10-18)14-20-12-15-7-8-16(20)11-15/h15-16,19H,4-14H2,1-3H3. The molecule has 0 aromatic rings. The van der Waals surface area contributed by atoms with Crippen molar-refractivity contribution in [2.75, 3.05) is 19.6 Å². The van der Waals surface area contributed by atoms with E-state index in [4.69, 9.17) is 0 Å². The third-order valence-corrected chi connectivity index (χ3v) is 5.97. The van der Waals surface area contributed by atoms with Crippen LogP contribution in [0.15, 0.2) is 0 Å². The molecule has 0 aromatic carbocycles. The number of rotatable bonds is 4. The molecule has 0 aromatic heterocycles. The molecule has 1 N–H and O–H groups in total. The van der Waals surface area contributed by atoms with Crippen LogP contribution in [0.25, 0.3) is 0 Å². The number of hydrogen-bond donors (Lipinski definition) is 1. The Kier molecular flexibility index (Phi) is 4.16. The van der Waals surface area contributed by atoms with Gasteiger partial charge in [0.05, 0.1) is 0 Å². The lowest BCUT2D eigenvalue weighted by atomic mass is 9.73. The highest BCUT2D eigenvalue weighted by atomic mass is 15.2. The second-order valence-corrected chi connectivity index (χ2v) is 8.93. The van der Waals surface area contributed by atoms with Crippen LogP contribution in [0.4, 0.5) is 0 Å². The van der Waals surface area contributed by atoms with Crippen molar-refractivity contribution in [2.24, 2.45) is 11.3 Å². The first kappa shape index (κ1) is 14.8. The average molecular weight is 278 g/mol. The quantitative estimate of drug-likeness (QED) is 0.841. The van der Waals surface area contributed by atoms with Crippen molar-refractivity contribution in [1.82, 2.24) is 10.2 Å². The minimum Gasteiger partial charge on any atom is -0.311 e. The lowest BCUT2D eigenvalue weighted by Crippen LogP contribution is -2.51. The average Bonchev–Trinajstić information content (AvgIpc) is 2.99. The first-order valence-corrected chi connectivity index (χ1v) is 8.95. The van der Waals surface area contributed by atoms with Crippen LogP contribution in [0, 0.1) is 11.3 Å². The van der Waals surface area contributed by atoms with E-state index >= 15 is 0 Å². The first-order valence-electron chi connectivity index (χ1n) is 8.95. The highest BCUT2D eigenvalue weighted by molar-refractivity contribution is 4.97. The molecule has 1 heterocycles. The summed E-state index contributed by atoms with van der Waals surface area (Å²) in [7, 11) is 0. The maximum Gasteiger partial charge on any atom is 0.00988 e. The second-order valence-electron chi connectivity index (χ2n) is 8.93. The molecule has 3 aliphatic rings. The zero-order valence-corrected chi connectivity index (χ0v) is 13.9. The van der Waals surface area contributed by atoms with Gasteiger partial charge in [0.1, 0.15) is 0 Å². The second kappa shape index (κ2) is 5.61. The molecular weight excluding hydrogens is 244 g/mol. The summed E-state index contributed by atoms with van der Waals surface area (Å²) in [5, 5.41) is 3.82. The number of hydrogen-bond acceptors (Lipinski definition) is 2. The molecule has 0 amide bonds. The van der Waals surface area contributed by atoms with Crippen molar-refractivity contribution < 1.29 is 0 Å². The number of piperidine rings is 1. The van der Waals surface area contributed by atoms with Crippen LogP contribution >= 0.6 is 0 Å². The van der Waals surface area contributed by atoms with E-state index in [1.807, 2.05) is 0 Å². The van der Waals surface area contributed by atoms with E-state index in [2.05, 4.69) is 31.0 Å². The normalized spacial score (nSPS) is 33.8. The lowest BCUT2D eigenvalue weighted by molar-refractivity contribution is 0.0769. The van der Waals surface area contributed by atoms with Gasteiger partial charge in [-0.1, -0.05) is 19.3 Å². The number of nitrogens with zero attached hydrogens (tertiary/aromatic N) is 1. The molecule has 0 spiro atoms. The van der Waals surface area contributed by atoms with Gasteiger partial charge in [0.25, 0.3) is 0 Å². The largest absolute Gasteiger partial charge is 0.311 e. The fraction of sp³-hybridized carbons (Fsp3) is 1.00. The van der Waals surface area contributed by atoms with Crippen LogP contribution in [0.5, 0.6) is 0 Å². The molecule has 1 aliphatic heterocycles. The van der Waals surface area contributed by atoms with Gasteiger partial charge in [0, 0.05) is 31.2 Å². The summed E-state index contributed by atoms with van der Waals surface area (Å²) in [6, 6.07) is 0.938. The van der Waals surface area contributed by atoms with Gasteiger partial charge in [-0.05, 0) is 64.2 Å². The summed E-state index contributed by atoms with van der Waals surface area (Å²) < 4.78 is 0. The van der Waals surface area contributed by atoms with Crippen molar-refractivity contribution in [3.8, 4) is 0 Å². The summed E-state index contributed by atoms with van der Waals surface area (Å²) in [6.45, 7) is 10.9. The van der Waals surface area contributed by atoms with Gasteiger partial charge >= 0.3 is 0 Å². The summed E-state index contributed by atoms with van der Waals surface area (Å²) in [4.78, 5) is 2.86. The van der Waals surface area contributed by atoms with Gasteiger partial charge in [0.2, 0.25) is 0 Å². The minimum atomic E-state index is 0.258. The molecule has 1 saturated heterocycles. The van der Waals surface area contributed by atoms with Crippen molar-refractivity contribution >= 4 is 0 Å². The third-order valence-electron chi connectivity index (χ3n) is 5.97. The fourth-order valence-corrected chi connectivity index (χ4v) is 4.80. The maximum atomic E-state index is 3.82.